The molecule has 1 aromatic heterocycles. The summed E-state index contributed by atoms with van der Waals surface area (Å²) in [4.78, 5) is 0. The van der Waals surface area contributed by atoms with E-state index in [9.17, 15) is 0 Å². The summed E-state index contributed by atoms with van der Waals surface area (Å²) >= 11 is 7.75. The third-order valence-electron chi connectivity index (χ3n) is 2.46. The van der Waals surface area contributed by atoms with Crippen LogP contribution in [0.4, 0.5) is 0 Å². The average Bonchev–Trinajstić information content (AvgIpc) is 2.59. The van der Waals surface area contributed by atoms with Crippen LogP contribution in [0.5, 0.6) is 0 Å². The van der Waals surface area contributed by atoms with Gasteiger partial charge in [0.1, 0.15) is 0 Å². The molecule has 1 atom stereocenters. The number of hydrogen-bond donors (Lipinski definition) is 1. The predicted octanol–water partition coefficient (Wildman–Crippen LogP) is 3.84. The molecule has 0 aliphatic rings. The van der Waals surface area contributed by atoms with E-state index >= 15 is 0 Å². The van der Waals surface area contributed by atoms with Gasteiger partial charge in [-0.3, -0.25) is 0 Å². The van der Waals surface area contributed by atoms with E-state index in [1.54, 1.807) is 11.3 Å². The zero-order chi connectivity index (χ0) is 10.1. The number of rotatable bonds is 2. The third-order valence-corrected chi connectivity index (χ3v) is 3.68. The van der Waals surface area contributed by atoms with Crippen molar-refractivity contribution in [1.29, 1.82) is 0 Å². The largest absolute Gasteiger partial charge is 0.313 e. The monoisotopic (exact) mass is 225 g/mol. The first kappa shape index (κ1) is 9.97. The molecule has 2 rings (SSSR count). The molecule has 0 amide bonds. The van der Waals surface area contributed by atoms with Crippen LogP contribution in [-0.2, 0) is 0 Å². The van der Waals surface area contributed by atoms with E-state index in [4.69, 9.17) is 11.6 Å². The second-order valence-electron chi connectivity index (χ2n) is 3.34. The highest BCUT2D eigenvalue weighted by Crippen LogP contribution is 2.31. The van der Waals surface area contributed by atoms with Gasteiger partial charge in [0, 0.05) is 15.8 Å². The molecular formula is C11H12ClNS. The molecule has 0 aliphatic heterocycles. The van der Waals surface area contributed by atoms with Crippen LogP contribution in [0.2, 0.25) is 5.02 Å². The maximum atomic E-state index is 5.98. The molecule has 0 aliphatic carbocycles. The molecule has 0 bridgehead atoms. The molecule has 1 heterocycles. The lowest BCUT2D eigenvalue weighted by molar-refractivity contribution is 0.659. The first-order chi connectivity index (χ1) is 6.72. The molecule has 2 aromatic rings. The van der Waals surface area contributed by atoms with Crippen molar-refractivity contribution in [3.63, 3.8) is 0 Å². The maximum absolute atomic E-state index is 5.98. The number of thiophene rings is 1. The predicted molar refractivity (Wildman–Crippen MR) is 64.3 cm³/mol. The van der Waals surface area contributed by atoms with E-state index in [0.29, 0.717) is 6.04 Å². The summed E-state index contributed by atoms with van der Waals surface area (Å²) in [5.74, 6) is 0. The van der Waals surface area contributed by atoms with Crippen LogP contribution in [0, 0.1) is 0 Å². The maximum Gasteiger partial charge on any atom is 0.0413 e. The highest BCUT2D eigenvalue weighted by molar-refractivity contribution is 7.17. The van der Waals surface area contributed by atoms with Crippen molar-refractivity contribution < 1.29 is 0 Å². The van der Waals surface area contributed by atoms with Crippen molar-refractivity contribution in [1.82, 2.24) is 5.32 Å². The van der Waals surface area contributed by atoms with Gasteiger partial charge in [-0.2, -0.15) is 0 Å². The Bertz CT molecular complexity index is 449. The van der Waals surface area contributed by atoms with E-state index in [0.717, 1.165) is 5.02 Å². The van der Waals surface area contributed by atoms with Crippen molar-refractivity contribution in [2.75, 3.05) is 7.05 Å². The summed E-state index contributed by atoms with van der Waals surface area (Å²) in [5, 5.41) is 7.51. The molecule has 0 saturated carbocycles. The Morgan fingerprint density at radius 1 is 1.43 bits per heavy atom. The molecule has 1 N–H and O–H groups in total. The fourth-order valence-electron chi connectivity index (χ4n) is 1.51. The van der Waals surface area contributed by atoms with Gasteiger partial charge < -0.3 is 5.32 Å². The molecule has 0 saturated heterocycles. The molecule has 1 unspecified atom stereocenters. The van der Waals surface area contributed by atoms with Gasteiger partial charge in [-0.15, -0.1) is 11.3 Å². The van der Waals surface area contributed by atoms with Gasteiger partial charge in [0.2, 0.25) is 0 Å². The van der Waals surface area contributed by atoms with Gasteiger partial charge in [-0.1, -0.05) is 11.6 Å². The van der Waals surface area contributed by atoms with Crippen molar-refractivity contribution in [2.24, 2.45) is 0 Å². The topological polar surface area (TPSA) is 12.0 Å². The third kappa shape index (κ3) is 1.65. The molecule has 14 heavy (non-hydrogen) atoms. The Morgan fingerprint density at radius 2 is 2.21 bits per heavy atom. The van der Waals surface area contributed by atoms with E-state index in [2.05, 4.69) is 23.7 Å². The lowest BCUT2D eigenvalue weighted by Crippen LogP contribution is -2.11. The summed E-state index contributed by atoms with van der Waals surface area (Å²) < 4.78 is 1.30. The zero-order valence-electron chi connectivity index (χ0n) is 8.17. The minimum atomic E-state index is 0.377. The standard InChI is InChI=1S/C11H12ClNS/c1-7(13-2)10-6-14-11-4-3-8(12)5-9(10)11/h3-7,13H,1-2H3. The molecule has 1 aromatic carbocycles. The van der Waals surface area contributed by atoms with Gasteiger partial charge in [-0.25, -0.2) is 0 Å². The van der Waals surface area contributed by atoms with Crippen molar-refractivity contribution in [3.05, 3.63) is 34.2 Å². The number of benzene rings is 1. The number of hydrogen-bond acceptors (Lipinski definition) is 2. The Balaban J connectivity index is 2.61. The van der Waals surface area contributed by atoms with Gasteiger partial charge in [0.05, 0.1) is 0 Å². The van der Waals surface area contributed by atoms with Crippen LogP contribution < -0.4 is 5.32 Å². The summed E-state index contributed by atoms with van der Waals surface area (Å²) in [6, 6.07) is 6.43. The minimum absolute atomic E-state index is 0.377. The SMILES string of the molecule is CNC(C)c1csc2ccc(Cl)cc12. The van der Waals surface area contributed by atoms with Gasteiger partial charge in [-0.05, 0) is 48.5 Å². The average molecular weight is 226 g/mol. The first-order valence-electron chi connectivity index (χ1n) is 4.56. The Kier molecular flexibility index (Phi) is 2.77. The molecule has 3 heteroatoms. The molecule has 0 radical (unpaired) electrons. The second-order valence-corrected chi connectivity index (χ2v) is 4.69. The lowest BCUT2D eigenvalue weighted by atomic mass is 10.1. The van der Waals surface area contributed by atoms with E-state index in [-0.39, 0.29) is 0 Å². The van der Waals surface area contributed by atoms with Crippen molar-refractivity contribution >= 4 is 33.0 Å². The molecule has 74 valence electrons. The molecular weight excluding hydrogens is 214 g/mol. The Hall–Kier alpha value is -0.570. The second kappa shape index (κ2) is 3.89. The highest BCUT2D eigenvalue weighted by Gasteiger charge is 2.09. The molecule has 1 nitrogen and oxygen atoms in total. The van der Waals surface area contributed by atoms with E-state index in [1.807, 2.05) is 19.2 Å². The van der Waals surface area contributed by atoms with Gasteiger partial charge in [0.25, 0.3) is 0 Å². The Morgan fingerprint density at radius 3 is 2.93 bits per heavy atom. The highest BCUT2D eigenvalue weighted by atomic mass is 35.5. The number of fused-ring (bicyclic) bond motifs is 1. The van der Waals surface area contributed by atoms with Crippen LogP contribution in [0.1, 0.15) is 18.5 Å². The quantitative estimate of drug-likeness (QED) is 0.819. The van der Waals surface area contributed by atoms with Crippen LogP contribution in [-0.4, -0.2) is 7.05 Å². The van der Waals surface area contributed by atoms with Crippen molar-refractivity contribution in [3.8, 4) is 0 Å². The molecule has 0 fully saturated rings. The summed E-state index contributed by atoms with van der Waals surface area (Å²) in [6.07, 6.45) is 0. The van der Waals surface area contributed by atoms with E-state index < -0.39 is 0 Å². The zero-order valence-corrected chi connectivity index (χ0v) is 9.75. The van der Waals surface area contributed by atoms with Crippen LogP contribution in [0.25, 0.3) is 10.1 Å². The first-order valence-corrected chi connectivity index (χ1v) is 5.82. The fraction of sp³-hybridized carbons (Fsp3) is 0.273. The minimum Gasteiger partial charge on any atom is -0.313 e. The molecule has 0 spiro atoms. The summed E-state index contributed by atoms with van der Waals surface area (Å²) in [7, 11) is 1.97. The van der Waals surface area contributed by atoms with Gasteiger partial charge in [0.15, 0.2) is 0 Å². The van der Waals surface area contributed by atoms with E-state index in [1.165, 1.54) is 15.6 Å². The number of halogens is 1. The van der Waals surface area contributed by atoms with Crippen LogP contribution in [0.15, 0.2) is 23.6 Å². The van der Waals surface area contributed by atoms with Crippen LogP contribution in [0.3, 0.4) is 0 Å². The fourth-order valence-corrected chi connectivity index (χ4v) is 2.72. The van der Waals surface area contributed by atoms with Crippen molar-refractivity contribution in [2.45, 2.75) is 13.0 Å². The lowest BCUT2D eigenvalue weighted by Gasteiger charge is -2.08. The van der Waals surface area contributed by atoms with Crippen LogP contribution >= 0.6 is 22.9 Å². The summed E-state index contributed by atoms with van der Waals surface area (Å²) in [5.41, 5.74) is 1.33. The summed E-state index contributed by atoms with van der Waals surface area (Å²) in [6.45, 7) is 2.16. The number of nitrogens with one attached hydrogen (secondary N) is 1. The van der Waals surface area contributed by atoms with Gasteiger partial charge >= 0.3 is 0 Å². The Labute approximate surface area is 92.7 Å². The normalized spacial score (nSPS) is 13.4. The smallest absolute Gasteiger partial charge is 0.0413 e.